The molecule has 2 aliphatic heterocycles. The van der Waals surface area contributed by atoms with Gasteiger partial charge < -0.3 is 19.9 Å². The van der Waals surface area contributed by atoms with Gasteiger partial charge in [-0.1, -0.05) is 12.2 Å². The van der Waals surface area contributed by atoms with Crippen molar-refractivity contribution in [2.75, 3.05) is 54.5 Å². The number of nitriles is 1. The zero-order chi connectivity index (χ0) is 22.6. The lowest BCUT2D eigenvalue weighted by Gasteiger charge is -2.28. The summed E-state index contributed by atoms with van der Waals surface area (Å²) in [7, 11) is 0. The van der Waals surface area contributed by atoms with Crippen LogP contribution in [0.2, 0.25) is 0 Å². The maximum Gasteiger partial charge on any atom is 0.227 e. The van der Waals surface area contributed by atoms with Crippen molar-refractivity contribution in [3.63, 3.8) is 0 Å². The number of ether oxygens (including phenoxy) is 1. The Morgan fingerprint density at radius 3 is 2.45 bits per heavy atom. The van der Waals surface area contributed by atoms with E-state index in [2.05, 4.69) is 54.8 Å². The Balaban J connectivity index is 1.33. The van der Waals surface area contributed by atoms with Gasteiger partial charge in [0.2, 0.25) is 5.95 Å². The number of hydrogen-bond donors (Lipinski definition) is 1. The van der Waals surface area contributed by atoms with Crippen LogP contribution in [0.15, 0.2) is 60.8 Å². The molecule has 4 heterocycles. The minimum Gasteiger partial charge on any atom is -0.378 e. The molecule has 33 heavy (non-hydrogen) atoms. The summed E-state index contributed by atoms with van der Waals surface area (Å²) >= 11 is 0. The Bertz CT molecular complexity index is 1200. The molecule has 0 bridgehead atoms. The average molecular weight is 440 g/mol. The fourth-order valence-electron chi connectivity index (χ4n) is 4.13. The normalized spacial score (nSPS) is 16.0. The Morgan fingerprint density at radius 1 is 0.939 bits per heavy atom. The van der Waals surface area contributed by atoms with Crippen LogP contribution in [-0.4, -0.2) is 54.3 Å². The molecule has 0 radical (unpaired) electrons. The van der Waals surface area contributed by atoms with Crippen LogP contribution in [-0.2, 0) is 4.74 Å². The average Bonchev–Trinajstić information content (AvgIpc) is 3.31. The SMILES string of the molecule is C=C1CCN(c2ccc(-c3ccnc(Nc4ccc(N5CCOCC5)cc4)n3)nc2C#N)C1. The maximum absolute atomic E-state index is 9.66. The fourth-order valence-corrected chi connectivity index (χ4v) is 4.13. The zero-order valence-corrected chi connectivity index (χ0v) is 18.4. The van der Waals surface area contributed by atoms with Crippen LogP contribution in [0.25, 0.3) is 11.4 Å². The number of hydrogen-bond acceptors (Lipinski definition) is 8. The molecule has 1 aromatic carbocycles. The third kappa shape index (κ3) is 4.64. The van der Waals surface area contributed by atoms with Gasteiger partial charge in [0.15, 0.2) is 5.69 Å². The van der Waals surface area contributed by atoms with Crippen molar-refractivity contribution in [2.24, 2.45) is 0 Å². The smallest absolute Gasteiger partial charge is 0.227 e. The van der Waals surface area contributed by atoms with Gasteiger partial charge in [-0.15, -0.1) is 0 Å². The molecule has 8 nitrogen and oxygen atoms in total. The van der Waals surface area contributed by atoms with Crippen LogP contribution < -0.4 is 15.1 Å². The van der Waals surface area contributed by atoms with Crippen LogP contribution in [0.5, 0.6) is 0 Å². The number of nitrogens with zero attached hydrogens (tertiary/aromatic N) is 6. The first-order valence-corrected chi connectivity index (χ1v) is 11.1. The van der Waals surface area contributed by atoms with Crippen molar-refractivity contribution in [1.82, 2.24) is 15.0 Å². The predicted octanol–water partition coefficient (Wildman–Crippen LogP) is 3.76. The van der Waals surface area contributed by atoms with E-state index in [9.17, 15) is 5.26 Å². The summed E-state index contributed by atoms with van der Waals surface area (Å²) in [6.07, 6.45) is 2.64. The first-order valence-electron chi connectivity index (χ1n) is 11.1. The second kappa shape index (κ2) is 9.27. The highest BCUT2D eigenvalue weighted by molar-refractivity contribution is 5.66. The molecular formula is C25H25N7O. The molecular weight excluding hydrogens is 414 g/mol. The van der Waals surface area contributed by atoms with Gasteiger partial charge in [-0.3, -0.25) is 0 Å². The third-order valence-electron chi connectivity index (χ3n) is 5.89. The van der Waals surface area contributed by atoms with E-state index >= 15 is 0 Å². The standard InChI is InChI=1S/C25H25N7O/c1-18-9-11-32(17-18)24-7-6-21(29-23(24)16-26)22-8-10-27-25(30-22)28-19-2-4-20(5-3-19)31-12-14-33-15-13-31/h2-8,10H,1,9,11-15,17H2,(H,27,28,30). The van der Waals surface area contributed by atoms with Crippen molar-refractivity contribution in [2.45, 2.75) is 6.42 Å². The second-order valence-corrected chi connectivity index (χ2v) is 8.13. The molecule has 0 aliphatic carbocycles. The highest BCUT2D eigenvalue weighted by atomic mass is 16.5. The molecule has 0 atom stereocenters. The predicted molar refractivity (Wildman–Crippen MR) is 129 cm³/mol. The van der Waals surface area contributed by atoms with Gasteiger partial charge in [-0.25, -0.2) is 15.0 Å². The maximum atomic E-state index is 9.66. The van der Waals surface area contributed by atoms with E-state index in [0.717, 1.165) is 57.2 Å². The lowest BCUT2D eigenvalue weighted by atomic mass is 10.2. The molecule has 0 spiro atoms. The summed E-state index contributed by atoms with van der Waals surface area (Å²) in [4.78, 5) is 18.0. The van der Waals surface area contributed by atoms with Gasteiger partial charge in [0.1, 0.15) is 6.07 Å². The van der Waals surface area contributed by atoms with Crippen LogP contribution >= 0.6 is 0 Å². The van der Waals surface area contributed by atoms with E-state index in [1.807, 2.05) is 24.3 Å². The molecule has 0 saturated carbocycles. The summed E-state index contributed by atoms with van der Waals surface area (Å²) < 4.78 is 5.42. The minimum atomic E-state index is 0.397. The van der Waals surface area contributed by atoms with Gasteiger partial charge in [0, 0.05) is 43.8 Å². The highest BCUT2D eigenvalue weighted by Crippen LogP contribution is 2.28. The van der Waals surface area contributed by atoms with Crippen LogP contribution in [0, 0.1) is 11.3 Å². The number of nitrogens with one attached hydrogen (secondary N) is 1. The van der Waals surface area contributed by atoms with E-state index < -0.39 is 0 Å². The zero-order valence-electron chi connectivity index (χ0n) is 18.4. The van der Waals surface area contributed by atoms with Crippen LogP contribution in [0.3, 0.4) is 0 Å². The van der Waals surface area contributed by atoms with E-state index in [1.54, 1.807) is 12.3 Å². The molecule has 1 N–H and O–H groups in total. The van der Waals surface area contributed by atoms with Crippen molar-refractivity contribution in [3.8, 4) is 17.5 Å². The van der Waals surface area contributed by atoms with Crippen molar-refractivity contribution >= 4 is 23.0 Å². The Labute approximate surface area is 193 Å². The summed E-state index contributed by atoms with van der Waals surface area (Å²) in [5, 5.41) is 12.9. The molecule has 166 valence electrons. The Kier molecular flexibility index (Phi) is 5.87. The van der Waals surface area contributed by atoms with Gasteiger partial charge in [0.25, 0.3) is 0 Å². The molecule has 0 unspecified atom stereocenters. The van der Waals surface area contributed by atoms with E-state index in [0.29, 0.717) is 23.0 Å². The van der Waals surface area contributed by atoms with E-state index in [1.165, 1.54) is 11.3 Å². The molecule has 2 aliphatic rings. The Hall–Kier alpha value is -3.96. The number of anilines is 4. The summed E-state index contributed by atoms with van der Waals surface area (Å²) in [5.41, 5.74) is 5.79. The van der Waals surface area contributed by atoms with Gasteiger partial charge in [0.05, 0.1) is 30.3 Å². The summed E-state index contributed by atoms with van der Waals surface area (Å²) in [6.45, 7) is 9.00. The van der Waals surface area contributed by atoms with Gasteiger partial charge >= 0.3 is 0 Å². The van der Waals surface area contributed by atoms with Gasteiger partial charge in [-0.05, 0) is 48.9 Å². The molecule has 2 fully saturated rings. The number of aromatic nitrogens is 3. The third-order valence-corrected chi connectivity index (χ3v) is 5.89. The molecule has 0 amide bonds. The molecule has 5 rings (SSSR count). The number of benzene rings is 1. The Morgan fingerprint density at radius 2 is 1.73 bits per heavy atom. The lowest BCUT2D eigenvalue weighted by Crippen LogP contribution is -2.36. The number of rotatable bonds is 5. The largest absolute Gasteiger partial charge is 0.378 e. The van der Waals surface area contributed by atoms with E-state index in [4.69, 9.17) is 4.74 Å². The first kappa shape index (κ1) is 20.9. The monoisotopic (exact) mass is 439 g/mol. The number of pyridine rings is 1. The minimum absolute atomic E-state index is 0.397. The van der Waals surface area contributed by atoms with E-state index in [-0.39, 0.29) is 0 Å². The fraction of sp³-hybridized carbons (Fsp3) is 0.280. The van der Waals surface area contributed by atoms with Crippen molar-refractivity contribution < 1.29 is 4.74 Å². The first-order chi connectivity index (χ1) is 16.2. The van der Waals surface area contributed by atoms with Gasteiger partial charge in [-0.2, -0.15) is 5.26 Å². The highest BCUT2D eigenvalue weighted by Gasteiger charge is 2.20. The topological polar surface area (TPSA) is 90.2 Å². The summed E-state index contributed by atoms with van der Waals surface area (Å²) in [6, 6.07) is 16.1. The second-order valence-electron chi connectivity index (χ2n) is 8.13. The van der Waals surface area contributed by atoms with Crippen molar-refractivity contribution in [3.05, 3.63) is 66.5 Å². The number of morpholine rings is 1. The molecule has 3 aromatic rings. The molecule has 2 saturated heterocycles. The lowest BCUT2D eigenvalue weighted by molar-refractivity contribution is 0.122. The molecule has 2 aromatic heterocycles. The van der Waals surface area contributed by atoms with Crippen LogP contribution in [0.4, 0.5) is 23.0 Å². The van der Waals surface area contributed by atoms with Crippen LogP contribution in [0.1, 0.15) is 12.1 Å². The van der Waals surface area contributed by atoms with Crippen molar-refractivity contribution in [1.29, 1.82) is 5.26 Å². The quantitative estimate of drug-likeness (QED) is 0.601. The molecule has 8 heteroatoms. The summed E-state index contributed by atoms with van der Waals surface area (Å²) in [5.74, 6) is 0.479.